The van der Waals surface area contributed by atoms with Gasteiger partial charge in [0.25, 0.3) is 11.1 Å². The van der Waals surface area contributed by atoms with Crippen LogP contribution in [0.5, 0.6) is 0 Å². The summed E-state index contributed by atoms with van der Waals surface area (Å²) < 4.78 is 10.0. The fourth-order valence-electron chi connectivity index (χ4n) is 3.02. The largest absolute Gasteiger partial charge is 0.395 e. The van der Waals surface area contributed by atoms with Crippen molar-refractivity contribution in [1.29, 1.82) is 0 Å². The van der Waals surface area contributed by atoms with Gasteiger partial charge in [-0.3, -0.25) is 27.9 Å². The molecule has 0 atom stereocenters. The van der Waals surface area contributed by atoms with E-state index in [1.54, 1.807) is 13.8 Å². The minimum Gasteiger partial charge on any atom is -0.395 e. The van der Waals surface area contributed by atoms with Gasteiger partial charge in [-0.15, -0.1) is 0 Å². The van der Waals surface area contributed by atoms with E-state index in [1.165, 1.54) is 21.3 Å². The summed E-state index contributed by atoms with van der Waals surface area (Å²) >= 11 is 0. The Balaban J connectivity index is 2.03. The molecule has 11 heteroatoms. The van der Waals surface area contributed by atoms with Crippen LogP contribution in [0.1, 0.15) is 11.4 Å². The van der Waals surface area contributed by atoms with Crippen molar-refractivity contribution in [3.05, 3.63) is 65.2 Å². The average Bonchev–Trinajstić information content (AvgIpc) is 2.66. The third-order valence-corrected chi connectivity index (χ3v) is 4.54. The summed E-state index contributed by atoms with van der Waals surface area (Å²) in [7, 11) is 0. The van der Waals surface area contributed by atoms with Crippen LogP contribution in [0.2, 0.25) is 0 Å². The lowest BCUT2D eigenvalue weighted by Gasteiger charge is -2.13. The van der Waals surface area contributed by atoms with Crippen LogP contribution >= 0.6 is 0 Å². The van der Waals surface area contributed by atoms with Crippen LogP contribution < -0.4 is 22.5 Å². The maximum Gasteiger partial charge on any atom is 0.331 e. The Morgan fingerprint density at radius 2 is 1.07 bits per heavy atom. The molecule has 160 valence electrons. The minimum absolute atomic E-state index is 0.000909. The van der Waals surface area contributed by atoms with Crippen molar-refractivity contribution in [3.63, 3.8) is 0 Å². The highest BCUT2D eigenvalue weighted by Gasteiger charge is 2.10. The molecule has 0 aliphatic heterocycles. The van der Waals surface area contributed by atoms with Crippen LogP contribution in [0, 0.1) is 13.8 Å². The molecule has 0 amide bonds. The van der Waals surface area contributed by atoms with Gasteiger partial charge in [0.05, 0.1) is 52.6 Å². The van der Waals surface area contributed by atoms with Gasteiger partial charge in [-0.05, 0) is 13.8 Å². The van der Waals surface area contributed by atoms with Crippen molar-refractivity contribution in [1.82, 2.24) is 18.3 Å². The van der Waals surface area contributed by atoms with E-state index in [-0.39, 0.29) is 52.6 Å². The molecule has 29 heavy (non-hydrogen) atoms. The van der Waals surface area contributed by atoms with Crippen molar-refractivity contribution in [3.8, 4) is 0 Å². The molecule has 0 saturated carbocycles. The topological polar surface area (TPSA) is 138 Å². The molecule has 11 nitrogen and oxygen atoms in total. The van der Waals surface area contributed by atoms with Crippen molar-refractivity contribution in [2.45, 2.75) is 40.0 Å². The van der Waals surface area contributed by atoms with Crippen LogP contribution in [-0.2, 0) is 30.9 Å². The number of aromatic nitrogens is 4. The van der Waals surface area contributed by atoms with E-state index in [9.17, 15) is 19.2 Å². The van der Waals surface area contributed by atoms with E-state index in [0.29, 0.717) is 11.4 Å². The third kappa shape index (κ3) is 5.19. The molecule has 2 heterocycles. The zero-order valence-electron chi connectivity index (χ0n) is 16.5. The smallest absolute Gasteiger partial charge is 0.331 e. The first-order chi connectivity index (χ1) is 13.8. The van der Waals surface area contributed by atoms with Crippen molar-refractivity contribution >= 4 is 0 Å². The van der Waals surface area contributed by atoms with Gasteiger partial charge in [0.2, 0.25) is 0 Å². The summed E-state index contributed by atoms with van der Waals surface area (Å²) in [6.45, 7) is 3.01. The molecule has 0 bridgehead atoms. The van der Waals surface area contributed by atoms with Crippen molar-refractivity contribution in [2.24, 2.45) is 0 Å². The number of hydrogen-bond acceptors (Lipinski definition) is 7. The molecule has 0 unspecified atom stereocenters. The second-order valence-corrected chi connectivity index (χ2v) is 6.48. The van der Waals surface area contributed by atoms with Gasteiger partial charge in [0.1, 0.15) is 0 Å². The second kappa shape index (κ2) is 10.1. The average molecular weight is 410 g/mol. The predicted octanol–water partition coefficient (Wildman–Crippen LogP) is -2.35. The zero-order chi connectivity index (χ0) is 21.6. The number of nitrogens with zero attached hydrogens (tertiary/aromatic N) is 4. The summed E-state index contributed by atoms with van der Waals surface area (Å²) in [5.74, 6) is 0. The van der Waals surface area contributed by atoms with Gasteiger partial charge < -0.3 is 14.9 Å². The molecule has 0 radical (unpaired) electrons. The number of aliphatic hydroxyl groups is 2. The fourth-order valence-corrected chi connectivity index (χ4v) is 3.02. The van der Waals surface area contributed by atoms with Crippen molar-refractivity contribution < 1.29 is 14.9 Å². The number of aryl methyl sites for hydroxylation is 2. The monoisotopic (exact) mass is 410 g/mol. The van der Waals surface area contributed by atoms with Gasteiger partial charge in [-0.2, -0.15) is 0 Å². The lowest BCUT2D eigenvalue weighted by molar-refractivity contribution is 0.114. The Bertz CT molecular complexity index is 992. The maximum atomic E-state index is 12.4. The summed E-state index contributed by atoms with van der Waals surface area (Å²) in [5.41, 5.74) is -1.07. The Morgan fingerprint density at radius 1 is 0.690 bits per heavy atom. The summed E-state index contributed by atoms with van der Waals surface area (Å²) in [6, 6.07) is 2.62. The number of rotatable bonds is 10. The third-order valence-electron chi connectivity index (χ3n) is 4.54. The summed E-state index contributed by atoms with van der Waals surface area (Å²) in [5, 5.41) is 18.1. The summed E-state index contributed by atoms with van der Waals surface area (Å²) in [6.07, 6.45) is 0. The second-order valence-electron chi connectivity index (χ2n) is 6.48. The molecule has 0 aromatic carbocycles. The van der Waals surface area contributed by atoms with E-state index in [0.717, 1.165) is 9.13 Å². The highest BCUT2D eigenvalue weighted by atomic mass is 16.5. The lowest BCUT2D eigenvalue weighted by Crippen LogP contribution is -2.42. The van der Waals surface area contributed by atoms with Gasteiger partial charge in [-0.25, -0.2) is 9.59 Å². The van der Waals surface area contributed by atoms with E-state index >= 15 is 0 Å². The first-order valence-corrected chi connectivity index (χ1v) is 9.23. The van der Waals surface area contributed by atoms with Crippen LogP contribution in [0.25, 0.3) is 0 Å². The minimum atomic E-state index is -0.533. The number of aliphatic hydroxyl groups excluding tert-OH is 2. The van der Waals surface area contributed by atoms with Crippen LogP contribution in [0.15, 0.2) is 31.3 Å². The predicted molar refractivity (Wildman–Crippen MR) is 104 cm³/mol. The molecule has 2 N–H and O–H groups in total. The van der Waals surface area contributed by atoms with E-state index in [4.69, 9.17) is 14.9 Å². The molecule has 0 fully saturated rings. The Kier molecular flexibility index (Phi) is 7.88. The van der Waals surface area contributed by atoms with Gasteiger partial charge in [0.15, 0.2) is 0 Å². The van der Waals surface area contributed by atoms with E-state index in [2.05, 4.69) is 0 Å². The van der Waals surface area contributed by atoms with Crippen LogP contribution in [0.4, 0.5) is 0 Å². The fraction of sp³-hybridized carbons (Fsp3) is 0.556. The molecule has 0 spiro atoms. The molecular formula is C18H26N4O7. The van der Waals surface area contributed by atoms with E-state index in [1.807, 2.05) is 0 Å². The normalized spacial score (nSPS) is 11.2. The van der Waals surface area contributed by atoms with Gasteiger partial charge in [-0.1, -0.05) is 0 Å². The summed E-state index contributed by atoms with van der Waals surface area (Å²) in [4.78, 5) is 48.8. The molecular weight excluding hydrogens is 384 g/mol. The van der Waals surface area contributed by atoms with Crippen LogP contribution in [-0.4, -0.2) is 54.9 Å². The SMILES string of the molecule is Cc1cc(=O)n(CCOCCn2c(=O)cc(C)n(CCO)c2=O)c(=O)n1CCO. The highest BCUT2D eigenvalue weighted by molar-refractivity contribution is 5.01. The first kappa shape index (κ1) is 22.5. The van der Waals surface area contributed by atoms with Crippen LogP contribution in [0.3, 0.4) is 0 Å². The zero-order valence-corrected chi connectivity index (χ0v) is 16.5. The van der Waals surface area contributed by atoms with Gasteiger partial charge >= 0.3 is 11.4 Å². The number of ether oxygens (including phenoxy) is 1. The first-order valence-electron chi connectivity index (χ1n) is 9.23. The van der Waals surface area contributed by atoms with Crippen molar-refractivity contribution in [2.75, 3.05) is 26.4 Å². The maximum absolute atomic E-state index is 12.4. The van der Waals surface area contributed by atoms with E-state index < -0.39 is 22.5 Å². The Hall–Kier alpha value is -2.76. The Morgan fingerprint density at radius 3 is 1.41 bits per heavy atom. The molecule has 2 rings (SSSR count). The molecule has 2 aromatic rings. The lowest BCUT2D eigenvalue weighted by atomic mass is 10.4. The standard InChI is InChI=1S/C18H26N4O7/c1-13-11-15(25)21(17(27)19(13)3-7-23)5-9-29-10-6-22-16(26)12-14(2)20(4-8-24)18(22)28/h11-12,23-24H,3-10H2,1-2H3. The number of hydrogen-bond donors (Lipinski definition) is 2. The molecule has 2 aromatic heterocycles. The molecule has 0 saturated heterocycles. The van der Waals surface area contributed by atoms with Gasteiger partial charge in [0, 0.05) is 23.5 Å². The Labute approximate surface area is 165 Å². The highest BCUT2D eigenvalue weighted by Crippen LogP contribution is 1.92. The molecule has 0 aliphatic carbocycles. The molecule has 0 aliphatic rings. The quantitative estimate of drug-likeness (QED) is 0.418.